The maximum absolute atomic E-state index is 4.52. The third-order valence-electron chi connectivity index (χ3n) is 4.17. The van der Waals surface area contributed by atoms with E-state index in [-0.39, 0.29) is 0 Å². The molecule has 0 amide bonds. The van der Waals surface area contributed by atoms with Crippen molar-refractivity contribution in [1.29, 1.82) is 0 Å². The van der Waals surface area contributed by atoms with Crippen molar-refractivity contribution in [3.63, 3.8) is 0 Å². The lowest BCUT2D eigenvalue weighted by Gasteiger charge is -2.34. The molecular weight excluding hydrogens is 222 g/mol. The molecule has 2 fully saturated rings. The lowest BCUT2D eigenvalue weighted by atomic mass is 10.0. The zero-order valence-electron chi connectivity index (χ0n) is 11.2. The number of aryl methyl sites for hydroxylation is 1. The van der Waals surface area contributed by atoms with Gasteiger partial charge in [0.2, 0.25) is 0 Å². The normalized spacial score (nSPS) is 21.3. The molecule has 0 atom stereocenters. The van der Waals surface area contributed by atoms with Gasteiger partial charge in [-0.2, -0.15) is 0 Å². The van der Waals surface area contributed by atoms with Gasteiger partial charge in [-0.3, -0.25) is 0 Å². The second-order valence-corrected chi connectivity index (χ2v) is 5.76. The number of pyridine rings is 1. The Morgan fingerprint density at radius 2 is 2.06 bits per heavy atom. The van der Waals surface area contributed by atoms with Gasteiger partial charge in [0.15, 0.2) is 0 Å². The van der Waals surface area contributed by atoms with Crippen LogP contribution in [0.5, 0.6) is 0 Å². The van der Waals surface area contributed by atoms with E-state index in [1.165, 1.54) is 43.6 Å². The van der Waals surface area contributed by atoms with Crippen LogP contribution in [0.3, 0.4) is 0 Å². The average molecular weight is 245 g/mol. The van der Waals surface area contributed by atoms with Crippen molar-refractivity contribution >= 4 is 5.82 Å². The first kappa shape index (κ1) is 12.0. The predicted molar refractivity (Wildman–Crippen MR) is 74.9 cm³/mol. The van der Waals surface area contributed by atoms with E-state index in [1.807, 2.05) is 12.3 Å². The Hall–Kier alpha value is -1.09. The summed E-state index contributed by atoms with van der Waals surface area (Å²) in [6.07, 6.45) is 7.29. The predicted octanol–water partition coefficient (Wildman–Crippen LogP) is 2.36. The first-order valence-electron chi connectivity index (χ1n) is 7.23. The van der Waals surface area contributed by atoms with Crippen LogP contribution in [0.25, 0.3) is 0 Å². The van der Waals surface area contributed by atoms with Gasteiger partial charge in [-0.25, -0.2) is 4.98 Å². The Morgan fingerprint density at radius 1 is 1.28 bits per heavy atom. The van der Waals surface area contributed by atoms with Crippen LogP contribution in [0, 0.1) is 12.8 Å². The van der Waals surface area contributed by atoms with Gasteiger partial charge in [0, 0.05) is 25.3 Å². The number of aromatic nitrogens is 1. The zero-order chi connectivity index (χ0) is 12.4. The van der Waals surface area contributed by atoms with Crippen molar-refractivity contribution < 1.29 is 0 Å². The van der Waals surface area contributed by atoms with Crippen LogP contribution in [0.2, 0.25) is 0 Å². The standard InChI is InChI=1S/C15H23N3/c1-12-3-2-8-16-15(12)18-9-6-14(7-10-18)17-11-13-4-5-13/h2-3,8,13-14,17H,4-7,9-11H2,1H3. The minimum absolute atomic E-state index is 0.728. The Bertz CT molecular complexity index is 392. The first-order chi connectivity index (χ1) is 8.83. The molecule has 0 spiro atoms. The van der Waals surface area contributed by atoms with Crippen LogP contribution in [0.15, 0.2) is 18.3 Å². The van der Waals surface area contributed by atoms with Gasteiger partial charge < -0.3 is 10.2 Å². The minimum atomic E-state index is 0.728. The molecule has 0 aromatic carbocycles. The SMILES string of the molecule is Cc1cccnc1N1CCC(NCC2CC2)CC1. The van der Waals surface area contributed by atoms with E-state index in [4.69, 9.17) is 0 Å². The smallest absolute Gasteiger partial charge is 0.131 e. The van der Waals surface area contributed by atoms with E-state index in [0.717, 1.165) is 25.0 Å². The summed E-state index contributed by atoms with van der Waals surface area (Å²) in [7, 11) is 0. The van der Waals surface area contributed by atoms with Crippen LogP contribution in [-0.4, -0.2) is 30.7 Å². The molecule has 18 heavy (non-hydrogen) atoms. The number of rotatable bonds is 4. The van der Waals surface area contributed by atoms with E-state index in [0.29, 0.717) is 0 Å². The second-order valence-electron chi connectivity index (χ2n) is 5.76. The molecule has 1 aliphatic heterocycles. The highest BCUT2D eigenvalue weighted by atomic mass is 15.2. The number of hydrogen-bond acceptors (Lipinski definition) is 3. The van der Waals surface area contributed by atoms with Crippen molar-refractivity contribution in [2.24, 2.45) is 5.92 Å². The monoisotopic (exact) mass is 245 g/mol. The summed E-state index contributed by atoms with van der Waals surface area (Å²) in [4.78, 5) is 6.95. The van der Waals surface area contributed by atoms with Crippen molar-refractivity contribution in [1.82, 2.24) is 10.3 Å². The molecule has 0 bridgehead atoms. The summed E-state index contributed by atoms with van der Waals surface area (Å²) < 4.78 is 0. The summed E-state index contributed by atoms with van der Waals surface area (Å²) in [6, 6.07) is 4.90. The maximum atomic E-state index is 4.52. The second kappa shape index (κ2) is 5.27. The Morgan fingerprint density at radius 3 is 2.72 bits per heavy atom. The van der Waals surface area contributed by atoms with E-state index in [2.05, 4.69) is 28.2 Å². The van der Waals surface area contributed by atoms with Crippen molar-refractivity contribution in [2.45, 2.75) is 38.6 Å². The zero-order valence-corrected chi connectivity index (χ0v) is 11.2. The largest absolute Gasteiger partial charge is 0.356 e. The van der Waals surface area contributed by atoms with E-state index < -0.39 is 0 Å². The highest BCUT2D eigenvalue weighted by molar-refractivity contribution is 5.46. The number of hydrogen-bond donors (Lipinski definition) is 1. The Labute approximate surface area is 110 Å². The highest BCUT2D eigenvalue weighted by Crippen LogP contribution is 2.28. The van der Waals surface area contributed by atoms with E-state index >= 15 is 0 Å². The van der Waals surface area contributed by atoms with E-state index in [9.17, 15) is 0 Å². The van der Waals surface area contributed by atoms with E-state index in [1.54, 1.807) is 0 Å². The van der Waals surface area contributed by atoms with Gasteiger partial charge in [-0.1, -0.05) is 6.07 Å². The molecule has 2 aliphatic rings. The molecule has 1 saturated carbocycles. The van der Waals surface area contributed by atoms with Crippen LogP contribution < -0.4 is 10.2 Å². The number of nitrogens with zero attached hydrogens (tertiary/aromatic N) is 2. The van der Waals surface area contributed by atoms with Crippen molar-refractivity contribution in [3.8, 4) is 0 Å². The third kappa shape index (κ3) is 2.83. The Kier molecular flexibility index (Phi) is 3.50. The maximum Gasteiger partial charge on any atom is 0.131 e. The number of nitrogens with one attached hydrogen (secondary N) is 1. The third-order valence-corrected chi connectivity index (χ3v) is 4.17. The van der Waals surface area contributed by atoms with Gasteiger partial charge in [-0.15, -0.1) is 0 Å². The van der Waals surface area contributed by atoms with Gasteiger partial charge in [0.25, 0.3) is 0 Å². The molecule has 0 radical (unpaired) electrons. The molecule has 1 aromatic rings. The van der Waals surface area contributed by atoms with Gasteiger partial charge in [0.1, 0.15) is 5.82 Å². The minimum Gasteiger partial charge on any atom is -0.356 e. The molecule has 1 aliphatic carbocycles. The molecule has 98 valence electrons. The Balaban J connectivity index is 1.51. The quantitative estimate of drug-likeness (QED) is 0.882. The molecule has 1 saturated heterocycles. The summed E-state index contributed by atoms with van der Waals surface area (Å²) in [6.45, 7) is 5.67. The fourth-order valence-electron chi connectivity index (χ4n) is 2.76. The topological polar surface area (TPSA) is 28.2 Å². The summed E-state index contributed by atoms with van der Waals surface area (Å²) >= 11 is 0. The van der Waals surface area contributed by atoms with Crippen molar-refractivity contribution in [2.75, 3.05) is 24.5 Å². The van der Waals surface area contributed by atoms with Gasteiger partial charge in [0.05, 0.1) is 0 Å². The molecule has 2 heterocycles. The van der Waals surface area contributed by atoms with Gasteiger partial charge in [-0.05, 0) is 56.7 Å². The molecular formula is C15H23N3. The van der Waals surface area contributed by atoms with Crippen LogP contribution in [-0.2, 0) is 0 Å². The molecule has 3 heteroatoms. The fraction of sp³-hybridized carbons (Fsp3) is 0.667. The average Bonchev–Trinajstić information content (AvgIpc) is 3.22. The van der Waals surface area contributed by atoms with Crippen LogP contribution in [0.1, 0.15) is 31.2 Å². The van der Waals surface area contributed by atoms with Crippen molar-refractivity contribution in [3.05, 3.63) is 23.9 Å². The summed E-state index contributed by atoms with van der Waals surface area (Å²) in [5.74, 6) is 2.17. The lowest BCUT2D eigenvalue weighted by Crippen LogP contribution is -2.43. The lowest BCUT2D eigenvalue weighted by molar-refractivity contribution is 0.407. The highest BCUT2D eigenvalue weighted by Gasteiger charge is 2.24. The molecule has 0 unspecified atom stereocenters. The van der Waals surface area contributed by atoms with Crippen LogP contribution in [0.4, 0.5) is 5.82 Å². The van der Waals surface area contributed by atoms with Crippen LogP contribution >= 0.6 is 0 Å². The molecule has 3 nitrogen and oxygen atoms in total. The first-order valence-corrected chi connectivity index (χ1v) is 7.23. The number of piperidine rings is 1. The van der Waals surface area contributed by atoms with Gasteiger partial charge >= 0.3 is 0 Å². The summed E-state index contributed by atoms with van der Waals surface area (Å²) in [5, 5.41) is 3.72. The fourth-order valence-corrected chi connectivity index (χ4v) is 2.76. The molecule has 1 N–H and O–H groups in total. The molecule has 1 aromatic heterocycles. The summed E-state index contributed by atoms with van der Waals surface area (Å²) in [5.41, 5.74) is 1.29. The number of anilines is 1. The molecule has 3 rings (SSSR count).